The van der Waals surface area contributed by atoms with Gasteiger partial charge < -0.3 is 4.98 Å². The van der Waals surface area contributed by atoms with Gasteiger partial charge in [-0.3, -0.25) is 9.78 Å². The summed E-state index contributed by atoms with van der Waals surface area (Å²) in [6.07, 6.45) is 1.42. The first-order valence-corrected chi connectivity index (χ1v) is 4.51. The molecular formula is C8H6N2O2S. The summed E-state index contributed by atoms with van der Waals surface area (Å²) in [5.41, 5.74) is -0.342. The molecule has 2 rings (SSSR count). The van der Waals surface area contributed by atoms with Crippen LogP contribution in [0, 0.1) is 0 Å². The van der Waals surface area contributed by atoms with Gasteiger partial charge in [-0.15, -0.1) is 11.3 Å². The van der Waals surface area contributed by atoms with Gasteiger partial charge in [-0.05, 0) is 11.4 Å². The molecule has 66 valence electrons. The average Bonchev–Trinajstić information content (AvgIpc) is 2.56. The van der Waals surface area contributed by atoms with Gasteiger partial charge in [0.2, 0.25) is 0 Å². The number of hydrogen-bond acceptors (Lipinski definition) is 3. The fourth-order valence-corrected chi connectivity index (χ4v) is 1.76. The smallest absolute Gasteiger partial charge is 0.313 e. The van der Waals surface area contributed by atoms with Crippen molar-refractivity contribution >= 4 is 11.3 Å². The van der Waals surface area contributed by atoms with Gasteiger partial charge in [-0.25, -0.2) is 4.79 Å². The summed E-state index contributed by atoms with van der Waals surface area (Å²) in [5, 5.41) is 1.87. The lowest BCUT2D eigenvalue weighted by Crippen LogP contribution is -2.22. The molecule has 0 saturated heterocycles. The van der Waals surface area contributed by atoms with E-state index < -0.39 is 5.69 Å². The van der Waals surface area contributed by atoms with E-state index in [0.717, 1.165) is 4.88 Å². The number of aromatic amines is 2. The molecule has 4 nitrogen and oxygen atoms in total. The van der Waals surface area contributed by atoms with Crippen LogP contribution in [0.25, 0.3) is 10.4 Å². The second-order valence-corrected chi connectivity index (χ2v) is 3.41. The highest BCUT2D eigenvalue weighted by Gasteiger charge is 2.03. The fraction of sp³-hybridized carbons (Fsp3) is 0. The van der Waals surface area contributed by atoms with Crippen LogP contribution in [0.1, 0.15) is 0 Å². The third-order valence-corrected chi connectivity index (χ3v) is 2.51. The molecule has 2 heterocycles. The molecule has 0 bridgehead atoms. The number of thiophene rings is 1. The Morgan fingerprint density at radius 3 is 2.77 bits per heavy atom. The standard InChI is InChI=1S/C8H6N2O2S/c11-7-5(4-9-8(12)10-7)6-2-1-3-13-6/h1-4H,(H2,9,10,11,12). The summed E-state index contributed by atoms with van der Waals surface area (Å²) >= 11 is 1.45. The van der Waals surface area contributed by atoms with Crippen molar-refractivity contribution in [3.05, 3.63) is 44.5 Å². The van der Waals surface area contributed by atoms with Crippen LogP contribution in [-0.2, 0) is 0 Å². The van der Waals surface area contributed by atoms with Crippen LogP contribution < -0.4 is 11.2 Å². The van der Waals surface area contributed by atoms with Crippen LogP contribution in [0.4, 0.5) is 0 Å². The van der Waals surface area contributed by atoms with Gasteiger partial charge in [-0.1, -0.05) is 6.07 Å². The molecule has 2 aromatic rings. The molecule has 0 radical (unpaired) electrons. The van der Waals surface area contributed by atoms with Crippen molar-refractivity contribution in [2.45, 2.75) is 0 Å². The zero-order valence-corrected chi connectivity index (χ0v) is 7.35. The highest BCUT2D eigenvalue weighted by molar-refractivity contribution is 7.13. The van der Waals surface area contributed by atoms with Crippen LogP contribution in [0.15, 0.2) is 33.3 Å². The van der Waals surface area contributed by atoms with Crippen molar-refractivity contribution in [1.29, 1.82) is 0 Å². The molecule has 0 aliphatic carbocycles. The van der Waals surface area contributed by atoms with Crippen molar-refractivity contribution in [1.82, 2.24) is 9.97 Å². The SMILES string of the molecule is O=c1[nH]cc(-c2cccs2)c(=O)[nH]1. The zero-order valence-electron chi connectivity index (χ0n) is 6.53. The number of H-pyrrole nitrogens is 2. The molecule has 0 spiro atoms. The van der Waals surface area contributed by atoms with Gasteiger partial charge in [0.05, 0.1) is 5.56 Å². The summed E-state index contributed by atoms with van der Waals surface area (Å²) in [4.78, 5) is 27.4. The highest BCUT2D eigenvalue weighted by Crippen LogP contribution is 2.19. The van der Waals surface area contributed by atoms with Gasteiger partial charge in [0.25, 0.3) is 5.56 Å². The Labute approximate surface area is 76.9 Å². The van der Waals surface area contributed by atoms with Gasteiger partial charge in [0.1, 0.15) is 0 Å². The third kappa shape index (κ3) is 1.46. The van der Waals surface area contributed by atoms with E-state index in [0.29, 0.717) is 5.56 Å². The van der Waals surface area contributed by atoms with Crippen LogP contribution in [-0.4, -0.2) is 9.97 Å². The molecule has 0 fully saturated rings. The molecule has 2 aromatic heterocycles. The van der Waals surface area contributed by atoms with E-state index in [1.54, 1.807) is 0 Å². The van der Waals surface area contributed by atoms with Crippen LogP contribution in [0.3, 0.4) is 0 Å². The molecule has 0 amide bonds. The average molecular weight is 194 g/mol. The van der Waals surface area contributed by atoms with E-state index in [1.807, 2.05) is 17.5 Å². The lowest BCUT2D eigenvalue weighted by Gasteiger charge is -1.92. The van der Waals surface area contributed by atoms with Crippen LogP contribution in [0.5, 0.6) is 0 Å². The zero-order chi connectivity index (χ0) is 9.26. The molecule has 0 aliphatic rings. The van der Waals surface area contributed by atoms with Crippen molar-refractivity contribution in [3.8, 4) is 10.4 Å². The van der Waals surface area contributed by atoms with E-state index in [4.69, 9.17) is 0 Å². The molecule has 0 aromatic carbocycles. The monoisotopic (exact) mass is 194 g/mol. The first-order valence-electron chi connectivity index (χ1n) is 3.63. The van der Waals surface area contributed by atoms with E-state index >= 15 is 0 Å². The van der Waals surface area contributed by atoms with Crippen molar-refractivity contribution in [2.24, 2.45) is 0 Å². The Morgan fingerprint density at radius 1 is 1.31 bits per heavy atom. The predicted octanol–water partition coefficient (Wildman–Crippen LogP) is 0.792. The van der Waals surface area contributed by atoms with Crippen LogP contribution >= 0.6 is 11.3 Å². The quantitative estimate of drug-likeness (QED) is 0.704. The minimum absolute atomic E-state index is 0.355. The summed E-state index contributed by atoms with van der Waals surface area (Å²) in [7, 11) is 0. The Bertz CT molecular complexity index is 509. The maximum absolute atomic E-state index is 11.3. The normalized spacial score (nSPS) is 10.2. The molecule has 13 heavy (non-hydrogen) atoms. The van der Waals surface area contributed by atoms with Crippen molar-refractivity contribution in [2.75, 3.05) is 0 Å². The van der Waals surface area contributed by atoms with E-state index in [-0.39, 0.29) is 5.56 Å². The molecule has 0 unspecified atom stereocenters. The molecule has 0 atom stereocenters. The largest absolute Gasteiger partial charge is 0.325 e. The number of nitrogens with one attached hydrogen (secondary N) is 2. The van der Waals surface area contributed by atoms with Crippen LogP contribution in [0.2, 0.25) is 0 Å². The number of hydrogen-bond donors (Lipinski definition) is 2. The molecule has 5 heteroatoms. The Hall–Kier alpha value is -1.62. The minimum atomic E-state index is -0.481. The fourth-order valence-electron chi connectivity index (χ4n) is 1.02. The number of rotatable bonds is 1. The topological polar surface area (TPSA) is 65.7 Å². The Balaban J connectivity index is 2.67. The van der Waals surface area contributed by atoms with E-state index in [2.05, 4.69) is 9.97 Å². The Morgan fingerprint density at radius 2 is 2.15 bits per heavy atom. The van der Waals surface area contributed by atoms with E-state index in [1.165, 1.54) is 17.5 Å². The molecule has 0 aliphatic heterocycles. The summed E-state index contributed by atoms with van der Waals surface area (Å²) in [6.45, 7) is 0. The number of aromatic nitrogens is 2. The molecular weight excluding hydrogens is 188 g/mol. The molecule has 0 saturated carbocycles. The predicted molar refractivity (Wildman–Crippen MR) is 51.0 cm³/mol. The van der Waals surface area contributed by atoms with Gasteiger partial charge in [0, 0.05) is 11.1 Å². The van der Waals surface area contributed by atoms with Gasteiger partial charge >= 0.3 is 5.69 Å². The maximum atomic E-state index is 11.3. The van der Waals surface area contributed by atoms with Gasteiger partial charge in [-0.2, -0.15) is 0 Å². The van der Waals surface area contributed by atoms with Crippen molar-refractivity contribution in [3.63, 3.8) is 0 Å². The lowest BCUT2D eigenvalue weighted by molar-refractivity contribution is 1.04. The first-order chi connectivity index (χ1) is 6.27. The summed E-state index contributed by atoms with van der Waals surface area (Å²) < 4.78 is 0. The highest BCUT2D eigenvalue weighted by atomic mass is 32.1. The minimum Gasteiger partial charge on any atom is -0.313 e. The third-order valence-electron chi connectivity index (χ3n) is 1.61. The second-order valence-electron chi connectivity index (χ2n) is 2.46. The van der Waals surface area contributed by atoms with Gasteiger partial charge in [0.15, 0.2) is 0 Å². The Kier molecular flexibility index (Phi) is 1.86. The van der Waals surface area contributed by atoms with E-state index in [9.17, 15) is 9.59 Å². The second kappa shape index (κ2) is 3.02. The first kappa shape index (κ1) is 8.00. The van der Waals surface area contributed by atoms with Crippen molar-refractivity contribution < 1.29 is 0 Å². The lowest BCUT2D eigenvalue weighted by atomic mass is 10.3. The maximum Gasteiger partial charge on any atom is 0.325 e. The summed E-state index contributed by atoms with van der Waals surface area (Å²) in [6, 6.07) is 3.68. The molecule has 2 N–H and O–H groups in total. The summed E-state index contributed by atoms with van der Waals surface area (Å²) in [5.74, 6) is 0.